The third-order valence-electron chi connectivity index (χ3n) is 2.36. The van der Waals surface area contributed by atoms with Crippen LogP contribution in [0.15, 0.2) is 36.4 Å². The van der Waals surface area contributed by atoms with Crippen LogP contribution in [0.1, 0.15) is 5.56 Å². The first-order chi connectivity index (χ1) is 8.15. The van der Waals surface area contributed by atoms with Gasteiger partial charge in [0.05, 0.1) is 0 Å². The summed E-state index contributed by atoms with van der Waals surface area (Å²) in [7, 11) is 0. The molecule has 4 heteroatoms. The van der Waals surface area contributed by atoms with Crippen molar-refractivity contribution in [2.45, 2.75) is 0 Å². The quantitative estimate of drug-likeness (QED) is 0.690. The van der Waals surface area contributed by atoms with Crippen molar-refractivity contribution in [1.82, 2.24) is 0 Å². The lowest BCUT2D eigenvalue weighted by molar-refractivity contribution is 0.494. The molecule has 84 valence electrons. The molecule has 0 aliphatic heterocycles. The summed E-state index contributed by atoms with van der Waals surface area (Å²) in [6.45, 7) is 0. The Kier molecular flexibility index (Phi) is 2.84. The molecule has 2 aromatic rings. The summed E-state index contributed by atoms with van der Waals surface area (Å²) < 4.78 is 40.3. The molecule has 0 atom stereocenters. The minimum atomic E-state index is -1.45. The molecular weight excluding hydrogens is 227 g/mol. The zero-order chi connectivity index (χ0) is 12.4. The van der Waals surface area contributed by atoms with Gasteiger partial charge in [-0.15, -0.1) is 0 Å². The van der Waals surface area contributed by atoms with E-state index in [4.69, 9.17) is 5.26 Å². The molecule has 0 saturated carbocycles. The lowest BCUT2D eigenvalue weighted by Gasteiger charge is -2.06. The fourth-order valence-corrected chi connectivity index (χ4v) is 1.53. The van der Waals surface area contributed by atoms with Crippen LogP contribution in [-0.4, -0.2) is 0 Å². The second kappa shape index (κ2) is 4.30. The second-order valence-corrected chi connectivity index (χ2v) is 3.39. The van der Waals surface area contributed by atoms with Crippen LogP contribution in [0.4, 0.5) is 13.2 Å². The molecule has 0 saturated heterocycles. The van der Waals surface area contributed by atoms with Crippen LogP contribution in [0, 0.1) is 28.8 Å². The van der Waals surface area contributed by atoms with Gasteiger partial charge in [0.15, 0.2) is 11.6 Å². The van der Waals surface area contributed by atoms with Crippen molar-refractivity contribution < 1.29 is 13.2 Å². The van der Waals surface area contributed by atoms with E-state index in [1.54, 1.807) is 18.2 Å². The molecule has 0 aliphatic carbocycles. The van der Waals surface area contributed by atoms with E-state index < -0.39 is 23.0 Å². The first-order valence-corrected chi connectivity index (χ1v) is 4.78. The predicted molar refractivity (Wildman–Crippen MR) is 56.5 cm³/mol. The smallest absolute Gasteiger partial charge is 0.180 e. The van der Waals surface area contributed by atoms with Crippen LogP contribution in [0.25, 0.3) is 11.1 Å². The van der Waals surface area contributed by atoms with Crippen LogP contribution in [-0.2, 0) is 0 Å². The minimum absolute atomic E-state index is 0.195. The van der Waals surface area contributed by atoms with Crippen LogP contribution < -0.4 is 0 Å². The summed E-state index contributed by atoms with van der Waals surface area (Å²) in [4.78, 5) is 0. The Balaban J connectivity index is 2.71. The maximum absolute atomic E-state index is 13.6. The highest BCUT2D eigenvalue weighted by molar-refractivity contribution is 5.65. The zero-order valence-electron chi connectivity index (χ0n) is 8.55. The molecule has 2 aromatic carbocycles. The van der Waals surface area contributed by atoms with Crippen molar-refractivity contribution in [3.05, 3.63) is 59.4 Å². The largest absolute Gasteiger partial charge is 0.205 e. The molecule has 0 fully saturated rings. The van der Waals surface area contributed by atoms with Crippen LogP contribution in [0.5, 0.6) is 0 Å². The highest BCUT2D eigenvalue weighted by Crippen LogP contribution is 2.27. The normalized spacial score (nSPS) is 10.0. The topological polar surface area (TPSA) is 23.8 Å². The van der Waals surface area contributed by atoms with Gasteiger partial charge < -0.3 is 0 Å². The Labute approximate surface area is 95.7 Å². The van der Waals surface area contributed by atoms with Gasteiger partial charge in [-0.3, -0.25) is 0 Å². The van der Waals surface area contributed by atoms with E-state index in [9.17, 15) is 13.2 Å². The summed E-state index contributed by atoms with van der Waals surface area (Å²) >= 11 is 0. The summed E-state index contributed by atoms with van der Waals surface area (Å²) in [6.07, 6.45) is 0. The lowest BCUT2D eigenvalue weighted by Crippen LogP contribution is -1.98. The van der Waals surface area contributed by atoms with Crippen molar-refractivity contribution in [3.63, 3.8) is 0 Å². The predicted octanol–water partition coefficient (Wildman–Crippen LogP) is 3.64. The van der Waals surface area contributed by atoms with Crippen molar-refractivity contribution in [1.29, 1.82) is 5.26 Å². The van der Waals surface area contributed by atoms with Gasteiger partial charge in [-0.2, -0.15) is 5.26 Å². The van der Waals surface area contributed by atoms with E-state index in [-0.39, 0.29) is 5.56 Å². The van der Waals surface area contributed by atoms with Crippen LogP contribution in [0.2, 0.25) is 0 Å². The third-order valence-corrected chi connectivity index (χ3v) is 2.36. The van der Waals surface area contributed by atoms with Crippen molar-refractivity contribution in [2.75, 3.05) is 0 Å². The summed E-state index contributed by atoms with van der Waals surface area (Å²) in [5.41, 5.74) is -0.742. The van der Waals surface area contributed by atoms with Gasteiger partial charge >= 0.3 is 0 Å². The second-order valence-electron chi connectivity index (χ2n) is 3.39. The monoisotopic (exact) mass is 233 g/mol. The number of nitriles is 1. The van der Waals surface area contributed by atoms with Gasteiger partial charge in [0.2, 0.25) is 0 Å². The number of hydrogen-bond donors (Lipinski definition) is 0. The summed E-state index contributed by atoms with van der Waals surface area (Å²) in [5, 5.41) is 8.49. The zero-order valence-corrected chi connectivity index (χ0v) is 8.55. The summed E-state index contributed by atoms with van der Waals surface area (Å²) in [5.74, 6) is -3.73. The van der Waals surface area contributed by atoms with Crippen molar-refractivity contribution in [3.8, 4) is 17.2 Å². The van der Waals surface area contributed by atoms with Crippen LogP contribution in [0.3, 0.4) is 0 Å². The van der Waals surface area contributed by atoms with E-state index in [0.717, 1.165) is 6.07 Å². The van der Waals surface area contributed by atoms with Crippen LogP contribution >= 0.6 is 0 Å². The van der Waals surface area contributed by atoms with E-state index in [0.29, 0.717) is 5.56 Å². The fraction of sp³-hybridized carbons (Fsp3) is 0. The molecule has 2 rings (SSSR count). The molecular formula is C13H6F3N. The fourth-order valence-electron chi connectivity index (χ4n) is 1.53. The Morgan fingerprint density at radius 2 is 1.59 bits per heavy atom. The lowest BCUT2D eigenvalue weighted by atomic mass is 10.0. The average Bonchev–Trinajstić information content (AvgIpc) is 2.35. The molecule has 0 N–H and O–H groups in total. The SMILES string of the molecule is N#Cc1c(F)cc(-c2ccccc2)c(F)c1F. The van der Waals surface area contributed by atoms with Crippen molar-refractivity contribution in [2.24, 2.45) is 0 Å². The third kappa shape index (κ3) is 1.87. The van der Waals surface area contributed by atoms with Gasteiger partial charge in [0.1, 0.15) is 17.4 Å². The number of rotatable bonds is 1. The first-order valence-electron chi connectivity index (χ1n) is 4.78. The van der Waals surface area contributed by atoms with E-state index in [2.05, 4.69) is 0 Å². The molecule has 0 unspecified atom stereocenters. The Morgan fingerprint density at radius 1 is 0.941 bits per heavy atom. The Hall–Kier alpha value is -2.28. The summed E-state index contributed by atoms with van der Waals surface area (Å²) in [6, 6.07) is 10.1. The molecule has 1 nitrogen and oxygen atoms in total. The average molecular weight is 233 g/mol. The van der Waals surface area contributed by atoms with E-state index >= 15 is 0 Å². The number of hydrogen-bond acceptors (Lipinski definition) is 1. The molecule has 0 aliphatic rings. The van der Waals surface area contributed by atoms with Gasteiger partial charge in [-0.25, -0.2) is 13.2 Å². The number of halogens is 3. The van der Waals surface area contributed by atoms with Gasteiger partial charge in [-0.05, 0) is 11.6 Å². The number of benzene rings is 2. The first kappa shape index (κ1) is 11.2. The highest BCUT2D eigenvalue weighted by Gasteiger charge is 2.19. The Bertz CT molecular complexity index is 600. The number of nitrogens with zero attached hydrogens (tertiary/aromatic N) is 1. The maximum atomic E-state index is 13.6. The molecule has 0 heterocycles. The minimum Gasteiger partial charge on any atom is -0.205 e. The highest BCUT2D eigenvalue weighted by atomic mass is 19.2. The van der Waals surface area contributed by atoms with Crippen molar-refractivity contribution >= 4 is 0 Å². The van der Waals surface area contributed by atoms with Gasteiger partial charge in [0, 0.05) is 5.56 Å². The van der Waals surface area contributed by atoms with Gasteiger partial charge in [0.25, 0.3) is 0 Å². The molecule has 0 radical (unpaired) electrons. The molecule has 0 bridgehead atoms. The molecule has 0 aromatic heterocycles. The molecule has 0 amide bonds. The van der Waals surface area contributed by atoms with Gasteiger partial charge in [-0.1, -0.05) is 30.3 Å². The maximum Gasteiger partial charge on any atom is 0.180 e. The van der Waals surface area contributed by atoms with E-state index in [1.165, 1.54) is 18.2 Å². The Morgan fingerprint density at radius 3 is 2.18 bits per heavy atom. The van der Waals surface area contributed by atoms with E-state index in [1.807, 2.05) is 0 Å². The molecule has 0 spiro atoms. The molecule has 17 heavy (non-hydrogen) atoms. The standard InChI is InChI=1S/C13H6F3N/c14-11-6-9(8-4-2-1-3-5-8)12(15)13(16)10(11)7-17/h1-6H.